The van der Waals surface area contributed by atoms with Crippen molar-refractivity contribution < 1.29 is 14.3 Å². The summed E-state index contributed by atoms with van der Waals surface area (Å²) in [7, 11) is 0. The first kappa shape index (κ1) is 21.5. The highest BCUT2D eigenvalue weighted by molar-refractivity contribution is 5.92. The van der Waals surface area contributed by atoms with Gasteiger partial charge in [0.05, 0.1) is 49.6 Å². The molecule has 2 unspecified atom stereocenters. The van der Waals surface area contributed by atoms with E-state index in [1.807, 2.05) is 12.1 Å². The van der Waals surface area contributed by atoms with Crippen LogP contribution in [-0.2, 0) is 9.47 Å². The van der Waals surface area contributed by atoms with Crippen molar-refractivity contribution in [3.05, 3.63) is 36.2 Å². The number of fused-ring (bicyclic) bond motifs is 1. The molecule has 2 aliphatic rings. The Morgan fingerprint density at radius 2 is 1.70 bits per heavy atom. The zero-order chi connectivity index (χ0) is 22.9. The Labute approximate surface area is 191 Å². The minimum Gasteiger partial charge on any atom is -0.377 e. The summed E-state index contributed by atoms with van der Waals surface area (Å²) in [6.07, 6.45) is 1.60. The van der Waals surface area contributed by atoms with E-state index in [2.05, 4.69) is 28.6 Å². The maximum absolute atomic E-state index is 11.4. The third-order valence-electron chi connectivity index (χ3n) is 6.10. The van der Waals surface area contributed by atoms with Crippen molar-refractivity contribution in [1.29, 1.82) is 0 Å². The maximum atomic E-state index is 11.4. The molecule has 2 atom stereocenters. The third-order valence-corrected chi connectivity index (χ3v) is 6.10. The molecular weight excluding hydrogens is 422 g/mol. The van der Waals surface area contributed by atoms with Gasteiger partial charge >= 0.3 is 0 Å². The van der Waals surface area contributed by atoms with Crippen LogP contribution in [0.4, 0.5) is 11.8 Å². The van der Waals surface area contributed by atoms with Gasteiger partial charge in [-0.3, -0.25) is 9.78 Å². The molecule has 1 amide bonds. The largest absolute Gasteiger partial charge is 0.377 e. The number of hydrogen-bond donors (Lipinski definition) is 1. The molecule has 0 saturated carbocycles. The lowest BCUT2D eigenvalue weighted by Gasteiger charge is -2.37. The number of aromatic nitrogens is 4. The van der Waals surface area contributed by atoms with Crippen LogP contribution in [-0.4, -0.2) is 77.4 Å². The highest BCUT2D eigenvalue weighted by Gasteiger charge is 2.27. The van der Waals surface area contributed by atoms with Crippen molar-refractivity contribution in [2.24, 2.45) is 5.73 Å². The lowest BCUT2D eigenvalue weighted by molar-refractivity contribution is 0.0973. The number of carbonyl (C=O) groups excluding carboxylic acids is 1. The molecule has 2 N–H and O–H groups in total. The van der Waals surface area contributed by atoms with Gasteiger partial charge in [-0.15, -0.1) is 0 Å². The second-order valence-electron chi connectivity index (χ2n) is 8.45. The third kappa shape index (κ3) is 4.19. The number of nitrogens with zero attached hydrogens (tertiary/aromatic N) is 6. The van der Waals surface area contributed by atoms with Crippen molar-refractivity contribution in [2.45, 2.75) is 25.9 Å². The highest BCUT2D eigenvalue weighted by atomic mass is 16.5. The average molecular weight is 450 g/mol. The van der Waals surface area contributed by atoms with Crippen molar-refractivity contribution in [3.63, 3.8) is 0 Å². The summed E-state index contributed by atoms with van der Waals surface area (Å²) in [5.74, 6) is 0.957. The van der Waals surface area contributed by atoms with Gasteiger partial charge in [-0.2, -0.15) is 9.97 Å². The molecule has 0 radical (unpaired) electrons. The monoisotopic (exact) mass is 449 g/mol. The lowest BCUT2D eigenvalue weighted by Crippen LogP contribution is -2.46. The van der Waals surface area contributed by atoms with Gasteiger partial charge in [-0.1, -0.05) is 0 Å². The van der Waals surface area contributed by atoms with Gasteiger partial charge in [0.25, 0.3) is 5.91 Å². The van der Waals surface area contributed by atoms with E-state index >= 15 is 0 Å². The van der Waals surface area contributed by atoms with E-state index < -0.39 is 5.91 Å². The van der Waals surface area contributed by atoms with Crippen molar-refractivity contribution in [1.82, 2.24) is 19.9 Å². The fraction of sp³-hybridized carbons (Fsp3) is 0.435. The van der Waals surface area contributed by atoms with Crippen LogP contribution < -0.4 is 15.5 Å². The average Bonchev–Trinajstić information content (AvgIpc) is 2.84. The van der Waals surface area contributed by atoms with Crippen LogP contribution in [0.5, 0.6) is 0 Å². The molecule has 3 aromatic heterocycles. The Morgan fingerprint density at radius 3 is 2.33 bits per heavy atom. The van der Waals surface area contributed by atoms with Crippen LogP contribution in [0.1, 0.15) is 24.3 Å². The first-order valence-electron chi connectivity index (χ1n) is 11.1. The molecule has 10 heteroatoms. The number of hydrogen-bond acceptors (Lipinski definition) is 9. The molecule has 3 aromatic rings. The molecule has 0 bridgehead atoms. The minimum atomic E-state index is -0.561. The van der Waals surface area contributed by atoms with E-state index in [0.717, 1.165) is 29.9 Å². The first-order chi connectivity index (χ1) is 16.0. The smallest absolute Gasteiger partial charge is 0.267 e. The summed E-state index contributed by atoms with van der Waals surface area (Å²) in [6.45, 7) is 8.31. The van der Waals surface area contributed by atoms with E-state index in [-0.39, 0.29) is 17.8 Å². The van der Waals surface area contributed by atoms with Gasteiger partial charge < -0.3 is 25.0 Å². The predicted octanol–water partition coefficient (Wildman–Crippen LogP) is 1.64. The second-order valence-corrected chi connectivity index (χ2v) is 8.45. The first-order valence-corrected chi connectivity index (χ1v) is 11.1. The fourth-order valence-corrected chi connectivity index (χ4v) is 4.25. The summed E-state index contributed by atoms with van der Waals surface area (Å²) in [4.78, 5) is 34.7. The summed E-state index contributed by atoms with van der Waals surface area (Å²) < 4.78 is 11.3. The topological polar surface area (TPSA) is 120 Å². The molecule has 0 aromatic carbocycles. The normalized spacial score (nSPS) is 21.4. The van der Waals surface area contributed by atoms with Gasteiger partial charge in [0, 0.05) is 24.8 Å². The number of rotatable bonds is 4. The van der Waals surface area contributed by atoms with Gasteiger partial charge in [-0.05, 0) is 38.1 Å². The van der Waals surface area contributed by atoms with Crippen LogP contribution >= 0.6 is 0 Å². The van der Waals surface area contributed by atoms with Gasteiger partial charge in [0.1, 0.15) is 11.5 Å². The number of carbonyl (C=O) groups is 1. The van der Waals surface area contributed by atoms with Crippen molar-refractivity contribution in [3.8, 4) is 11.3 Å². The van der Waals surface area contributed by atoms with Gasteiger partial charge in [-0.25, -0.2) is 4.98 Å². The number of primary amides is 1. The molecule has 10 nitrogen and oxygen atoms in total. The fourth-order valence-electron chi connectivity index (χ4n) is 4.25. The Hall–Kier alpha value is -3.37. The lowest BCUT2D eigenvalue weighted by atomic mass is 10.1. The minimum absolute atomic E-state index is 0.167. The number of nitrogens with two attached hydrogens (primary N) is 1. The molecule has 5 rings (SSSR count). The Bertz CT molecular complexity index is 1170. The van der Waals surface area contributed by atoms with Gasteiger partial charge in [0.15, 0.2) is 5.65 Å². The van der Waals surface area contributed by atoms with E-state index in [1.165, 1.54) is 0 Å². The quantitative estimate of drug-likeness (QED) is 0.634. The van der Waals surface area contributed by atoms with Crippen LogP contribution in [0.25, 0.3) is 22.3 Å². The number of amides is 1. The summed E-state index contributed by atoms with van der Waals surface area (Å²) in [5.41, 5.74) is 7.64. The number of anilines is 2. The SMILES string of the molecule is CC1COCCN1c1nc(N2CCOCC2C)c2ccc(-c3ccc(C(N)=O)nc3)nc2n1. The predicted molar refractivity (Wildman–Crippen MR) is 124 cm³/mol. The zero-order valence-corrected chi connectivity index (χ0v) is 18.8. The Kier molecular flexibility index (Phi) is 5.77. The summed E-state index contributed by atoms with van der Waals surface area (Å²) in [6, 6.07) is 7.68. The highest BCUT2D eigenvalue weighted by Crippen LogP contribution is 2.31. The molecular formula is C23H27N7O3. The van der Waals surface area contributed by atoms with Crippen LogP contribution in [0, 0.1) is 0 Å². The molecule has 33 heavy (non-hydrogen) atoms. The standard InChI is InChI=1S/C23H27N7O3/c1-14-12-32-9-7-29(14)22-17-4-6-18(16-3-5-19(20(24)31)25-11-16)26-21(17)27-23(28-22)30-8-10-33-13-15(30)2/h3-6,11,14-15H,7-10,12-13H2,1-2H3,(H2,24,31). The molecule has 2 fully saturated rings. The van der Waals surface area contributed by atoms with Crippen LogP contribution in [0.2, 0.25) is 0 Å². The van der Waals surface area contributed by atoms with E-state index in [4.69, 9.17) is 30.2 Å². The number of ether oxygens (including phenoxy) is 2. The number of morpholine rings is 2. The number of pyridine rings is 2. The molecule has 2 aliphatic heterocycles. The van der Waals surface area contributed by atoms with E-state index in [0.29, 0.717) is 43.7 Å². The second kappa shape index (κ2) is 8.87. The summed E-state index contributed by atoms with van der Waals surface area (Å²) in [5, 5.41) is 0.888. The Morgan fingerprint density at radius 1 is 0.970 bits per heavy atom. The van der Waals surface area contributed by atoms with E-state index in [1.54, 1.807) is 18.3 Å². The summed E-state index contributed by atoms with van der Waals surface area (Å²) >= 11 is 0. The molecule has 0 aliphatic carbocycles. The Balaban J connectivity index is 1.62. The maximum Gasteiger partial charge on any atom is 0.267 e. The molecule has 2 saturated heterocycles. The van der Waals surface area contributed by atoms with Crippen molar-refractivity contribution in [2.75, 3.05) is 49.3 Å². The molecule has 172 valence electrons. The molecule has 0 spiro atoms. The molecule has 5 heterocycles. The zero-order valence-electron chi connectivity index (χ0n) is 18.8. The van der Waals surface area contributed by atoms with E-state index in [9.17, 15) is 4.79 Å². The van der Waals surface area contributed by atoms with Crippen LogP contribution in [0.15, 0.2) is 30.5 Å². The van der Waals surface area contributed by atoms with Gasteiger partial charge in [0.2, 0.25) is 5.95 Å². The van der Waals surface area contributed by atoms with Crippen molar-refractivity contribution >= 4 is 28.7 Å². The van der Waals surface area contributed by atoms with Crippen LogP contribution in [0.3, 0.4) is 0 Å².